The highest BCUT2D eigenvalue weighted by Crippen LogP contribution is 2.38. The van der Waals surface area contributed by atoms with Crippen LogP contribution < -0.4 is 5.32 Å². The van der Waals surface area contributed by atoms with E-state index < -0.39 is 24.6 Å². The van der Waals surface area contributed by atoms with E-state index in [1.807, 2.05) is 0 Å². The van der Waals surface area contributed by atoms with Crippen molar-refractivity contribution in [1.29, 1.82) is 0 Å². The van der Waals surface area contributed by atoms with Crippen LogP contribution in [-0.4, -0.2) is 58.5 Å². The first-order valence-electron chi connectivity index (χ1n) is 6.74. The summed E-state index contributed by atoms with van der Waals surface area (Å²) in [5.74, 6) is 1.95. The highest BCUT2D eigenvalue weighted by atomic mass is 32.2. The van der Waals surface area contributed by atoms with E-state index in [0.29, 0.717) is 0 Å². The van der Waals surface area contributed by atoms with Gasteiger partial charge in [0.1, 0.15) is 0 Å². The molecule has 0 spiro atoms. The lowest BCUT2D eigenvalue weighted by Gasteiger charge is -2.39. The van der Waals surface area contributed by atoms with E-state index in [2.05, 4.69) is 5.32 Å². The maximum Gasteiger partial charge on any atom is 0.417 e. The van der Waals surface area contributed by atoms with Gasteiger partial charge in [0.05, 0.1) is 0 Å². The van der Waals surface area contributed by atoms with Gasteiger partial charge in [-0.25, -0.2) is 4.79 Å². The number of nitrogens with zero attached hydrogens (tertiary/aromatic N) is 1. The zero-order valence-electron chi connectivity index (χ0n) is 11.1. The SMILES string of the molecule is O=C(N[C@@H]1CCCSC1)N1CCC(O)(C(F)(F)F)CC1. The van der Waals surface area contributed by atoms with Gasteiger partial charge in [-0.15, -0.1) is 0 Å². The largest absolute Gasteiger partial charge is 0.417 e. The summed E-state index contributed by atoms with van der Waals surface area (Å²) in [6, 6.07) is -0.216. The first-order valence-corrected chi connectivity index (χ1v) is 7.90. The molecule has 1 atom stereocenters. The van der Waals surface area contributed by atoms with Gasteiger partial charge >= 0.3 is 12.2 Å². The number of thioether (sulfide) groups is 1. The molecule has 2 amide bonds. The van der Waals surface area contributed by atoms with Gasteiger partial charge in [-0.3, -0.25) is 0 Å². The highest BCUT2D eigenvalue weighted by molar-refractivity contribution is 7.99. The van der Waals surface area contributed by atoms with Crippen LogP contribution >= 0.6 is 11.8 Å². The van der Waals surface area contributed by atoms with Crippen molar-refractivity contribution in [3.8, 4) is 0 Å². The van der Waals surface area contributed by atoms with E-state index in [4.69, 9.17) is 0 Å². The Morgan fingerprint density at radius 1 is 1.35 bits per heavy atom. The third kappa shape index (κ3) is 3.52. The number of urea groups is 1. The van der Waals surface area contributed by atoms with E-state index >= 15 is 0 Å². The minimum atomic E-state index is -4.63. The van der Waals surface area contributed by atoms with Crippen LogP contribution in [0.15, 0.2) is 0 Å². The first kappa shape index (κ1) is 15.8. The molecule has 2 aliphatic rings. The van der Waals surface area contributed by atoms with E-state index in [1.165, 1.54) is 4.90 Å². The van der Waals surface area contributed by atoms with Gasteiger partial charge in [-0.1, -0.05) is 0 Å². The summed E-state index contributed by atoms with van der Waals surface area (Å²) in [6.07, 6.45) is -3.58. The molecule has 2 aliphatic heterocycles. The molecule has 2 saturated heterocycles. The number of nitrogens with one attached hydrogen (secondary N) is 1. The number of piperidine rings is 1. The minimum Gasteiger partial charge on any atom is -0.380 e. The Kier molecular flexibility index (Phi) is 4.73. The van der Waals surface area contributed by atoms with Crippen LogP contribution in [0.3, 0.4) is 0 Å². The number of rotatable bonds is 1. The van der Waals surface area contributed by atoms with E-state index in [1.54, 1.807) is 11.8 Å². The topological polar surface area (TPSA) is 52.6 Å². The normalized spacial score (nSPS) is 27.2. The maximum atomic E-state index is 12.7. The molecule has 0 unspecified atom stereocenters. The number of aliphatic hydroxyl groups is 1. The van der Waals surface area contributed by atoms with Gasteiger partial charge < -0.3 is 15.3 Å². The Hall–Kier alpha value is -0.630. The van der Waals surface area contributed by atoms with Gasteiger partial charge in [0.2, 0.25) is 0 Å². The highest BCUT2D eigenvalue weighted by Gasteiger charge is 2.54. The average Bonchev–Trinajstić information content (AvgIpc) is 2.39. The fourth-order valence-corrected chi connectivity index (χ4v) is 3.56. The first-order chi connectivity index (χ1) is 9.32. The van der Waals surface area contributed by atoms with E-state index in [0.717, 1.165) is 24.3 Å². The molecule has 2 rings (SSSR count). The minimum absolute atomic E-state index is 0.0678. The summed E-state index contributed by atoms with van der Waals surface area (Å²) in [4.78, 5) is 13.3. The molecular weight excluding hydrogens is 293 g/mol. The van der Waals surface area contributed by atoms with Crippen molar-refractivity contribution >= 4 is 17.8 Å². The number of carbonyl (C=O) groups is 1. The molecule has 0 radical (unpaired) electrons. The van der Waals surface area contributed by atoms with Crippen molar-refractivity contribution in [3.05, 3.63) is 0 Å². The average molecular weight is 312 g/mol. The molecule has 0 saturated carbocycles. The third-order valence-corrected chi connectivity index (χ3v) is 5.11. The Morgan fingerprint density at radius 3 is 2.50 bits per heavy atom. The summed E-state index contributed by atoms with van der Waals surface area (Å²) in [6.45, 7) is -0.136. The summed E-state index contributed by atoms with van der Waals surface area (Å²) in [7, 11) is 0. The van der Waals surface area contributed by atoms with Crippen LogP contribution in [0.4, 0.5) is 18.0 Å². The molecule has 116 valence electrons. The molecule has 0 aliphatic carbocycles. The summed E-state index contributed by atoms with van der Waals surface area (Å²) >= 11 is 1.77. The van der Waals surface area contributed by atoms with Gasteiger partial charge in [-0.05, 0) is 18.6 Å². The zero-order chi connectivity index (χ0) is 14.8. The number of halogens is 3. The Balaban J connectivity index is 1.82. The number of alkyl halides is 3. The number of hydrogen-bond acceptors (Lipinski definition) is 3. The number of amides is 2. The van der Waals surface area contributed by atoms with Crippen LogP contribution in [0, 0.1) is 0 Å². The van der Waals surface area contributed by atoms with E-state index in [-0.39, 0.29) is 25.2 Å². The fraction of sp³-hybridized carbons (Fsp3) is 0.917. The second-order valence-electron chi connectivity index (χ2n) is 5.38. The standard InChI is InChI=1S/C12H19F3N2O2S/c13-12(14,15)11(19)3-5-17(6-4-11)10(18)16-9-2-1-7-20-8-9/h9,19H,1-8H2,(H,16,18)/t9-/m1/s1. The summed E-state index contributed by atoms with van der Waals surface area (Å²) in [5, 5.41) is 12.4. The van der Waals surface area contributed by atoms with Crippen LogP contribution in [0.5, 0.6) is 0 Å². The van der Waals surface area contributed by atoms with Crippen molar-refractivity contribution in [2.75, 3.05) is 24.6 Å². The van der Waals surface area contributed by atoms with Crippen LogP contribution in [0.25, 0.3) is 0 Å². The molecule has 20 heavy (non-hydrogen) atoms. The van der Waals surface area contributed by atoms with Crippen LogP contribution in [-0.2, 0) is 0 Å². The Labute approximate surface area is 120 Å². The fourth-order valence-electron chi connectivity index (χ4n) is 2.48. The lowest BCUT2D eigenvalue weighted by atomic mass is 9.91. The third-order valence-electron chi connectivity index (χ3n) is 3.89. The van der Waals surface area contributed by atoms with Crippen molar-refractivity contribution in [3.63, 3.8) is 0 Å². The van der Waals surface area contributed by atoms with Crippen molar-refractivity contribution in [1.82, 2.24) is 10.2 Å². The zero-order valence-corrected chi connectivity index (χ0v) is 11.9. The number of carbonyl (C=O) groups excluding carboxylic acids is 1. The second kappa shape index (κ2) is 6.01. The lowest BCUT2D eigenvalue weighted by molar-refractivity contribution is -0.271. The van der Waals surface area contributed by atoms with Gasteiger partial charge in [0.15, 0.2) is 5.60 Å². The molecule has 0 aromatic rings. The molecule has 4 nitrogen and oxygen atoms in total. The molecule has 2 heterocycles. The summed E-state index contributed by atoms with van der Waals surface area (Å²) < 4.78 is 38.0. The molecule has 2 fully saturated rings. The molecule has 0 aromatic heterocycles. The molecular formula is C12H19F3N2O2S. The smallest absolute Gasteiger partial charge is 0.380 e. The van der Waals surface area contributed by atoms with Crippen molar-refractivity contribution in [2.24, 2.45) is 0 Å². The molecule has 2 N–H and O–H groups in total. The summed E-state index contributed by atoms with van der Waals surface area (Å²) in [5.41, 5.74) is -2.65. The predicted molar refractivity (Wildman–Crippen MR) is 70.7 cm³/mol. The van der Waals surface area contributed by atoms with Crippen molar-refractivity contribution < 1.29 is 23.1 Å². The Morgan fingerprint density at radius 2 is 2.00 bits per heavy atom. The van der Waals surface area contributed by atoms with Gasteiger partial charge in [-0.2, -0.15) is 24.9 Å². The van der Waals surface area contributed by atoms with Gasteiger partial charge in [0, 0.05) is 37.7 Å². The van der Waals surface area contributed by atoms with E-state index in [9.17, 15) is 23.1 Å². The number of hydrogen-bond donors (Lipinski definition) is 2. The molecule has 0 bridgehead atoms. The quantitative estimate of drug-likeness (QED) is 0.778. The molecule has 0 aromatic carbocycles. The van der Waals surface area contributed by atoms with Gasteiger partial charge in [0.25, 0.3) is 0 Å². The maximum absolute atomic E-state index is 12.7. The van der Waals surface area contributed by atoms with Crippen LogP contribution in [0.2, 0.25) is 0 Å². The second-order valence-corrected chi connectivity index (χ2v) is 6.53. The monoisotopic (exact) mass is 312 g/mol. The van der Waals surface area contributed by atoms with Crippen LogP contribution in [0.1, 0.15) is 25.7 Å². The lowest BCUT2D eigenvalue weighted by Crippen LogP contribution is -2.57. The molecule has 8 heteroatoms. The predicted octanol–water partition coefficient (Wildman–Crippen LogP) is 1.98. The Bertz CT molecular complexity index is 351. The van der Waals surface area contributed by atoms with Crippen molar-refractivity contribution in [2.45, 2.75) is 43.5 Å². The number of likely N-dealkylation sites (tertiary alicyclic amines) is 1.